The van der Waals surface area contributed by atoms with Crippen LogP contribution in [0.2, 0.25) is 17.3 Å². The van der Waals surface area contributed by atoms with Gasteiger partial charge in [0.25, 0.3) is 0 Å². The summed E-state index contributed by atoms with van der Waals surface area (Å²) in [6.45, 7) is 2.23. The van der Waals surface area contributed by atoms with Crippen molar-refractivity contribution in [2.24, 2.45) is 7.05 Å². The summed E-state index contributed by atoms with van der Waals surface area (Å²) in [4.78, 5) is 0. The van der Waals surface area contributed by atoms with Crippen LogP contribution < -0.4 is 8.96 Å². The fourth-order valence-corrected chi connectivity index (χ4v) is 7.02. The number of benzene rings is 3. The van der Waals surface area contributed by atoms with E-state index in [9.17, 15) is 0 Å². The third-order valence-corrected chi connectivity index (χ3v) is 10.6. The van der Waals surface area contributed by atoms with Crippen LogP contribution in [-0.2, 0) is 7.05 Å². The topological polar surface area (TPSA) is 8.81 Å². The number of rotatable bonds is 3. The average molecular weight is 466 g/mol. The van der Waals surface area contributed by atoms with Gasteiger partial charge < -0.3 is 0 Å². The second kappa shape index (κ2) is 7.38. The number of hydrogen-bond acceptors (Lipinski definition) is 0. The molecule has 0 aliphatic rings. The Balaban J connectivity index is 1.79. The van der Waals surface area contributed by atoms with E-state index in [-0.39, 0.29) is 0 Å². The molecule has 0 spiro atoms. The zero-order valence-corrected chi connectivity index (χ0v) is 21.1. The van der Waals surface area contributed by atoms with Gasteiger partial charge in [-0.2, -0.15) is 0 Å². The molecule has 0 radical (unpaired) electrons. The van der Waals surface area contributed by atoms with E-state index >= 15 is 0 Å². The molecule has 3 heteroatoms. The molecule has 0 saturated carbocycles. The Morgan fingerprint density at radius 3 is 2.16 bits per heavy atom. The summed E-state index contributed by atoms with van der Waals surface area (Å²) >= 11 is -1.86. The van der Waals surface area contributed by atoms with Crippen LogP contribution in [0.25, 0.3) is 38.8 Å². The van der Waals surface area contributed by atoms with Gasteiger partial charge in [0.05, 0.1) is 0 Å². The first-order valence-corrected chi connectivity index (χ1v) is 18.3. The fourth-order valence-electron chi connectivity index (χ4n) is 4.58. The summed E-state index contributed by atoms with van der Waals surface area (Å²) < 4.78 is 6.24. The van der Waals surface area contributed by atoms with E-state index in [0.29, 0.717) is 0 Å². The molecule has 0 atom stereocenters. The number of hydrogen-bond donors (Lipinski definition) is 0. The first-order chi connectivity index (χ1) is 14.8. The van der Waals surface area contributed by atoms with E-state index in [1.54, 1.807) is 0 Å². The van der Waals surface area contributed by atoms with Gasteiger partial charge in [-0.25, -0.2) is 0 Å². The molecule has 5 aromatic rings. The Morgan fingerprint density at radius 1 is 0.742 bits per heavy atom. The molecule has 0 fully saturated rings. The maximum absolute atomic E-state index is 2.45. The summed E-state index contributed by atoms with van der Waals surface area (Å²) in [5, 5.41) is 2.60. The van der Waals surface area contributed by atoms with Crippen molar-refractivity contribution < 1.29 is 4.57 Å². The molecule has 2 heterocycles. The van der Waals surface area contributed by atoms with Crippen LogP contribution >= 0.6 is 0 Å². The Labute approximate surface area is 187 Å². The van der Waals surface area contributed by atoms with Gasteiger partial charge in [-0.15, -0.1) is 0 Å². The molecule has 3 aromatic carbocycles. The third kappa shape index (κ3) is 3.39. The van der Waals surface area contributed by atoms with Crippen molar-refractivity contribution in [3.8, 4) is 16.9 Å². The average Bonchev–Trinajstić information content (AvgIpc) is 3.06. The van der Waals surface area contributed by atoms with Gasteiger partial charge >= 0.3 is 181 Å². The minimum atomic E-state index is -1.86. The number of aromatic nitrogens is 2. The van der Waals surface area contributed by atoms with Gasteiger partial charge in [0.15, 0.2) is 0 Å². The molecule has 2 aromatic heterocycles. The van der Waals surface area contributed by atoms with Crippen molar-refractivity contribution in [3.05, 3.63) is 90.6 Å². The predicted octanol–water partition coefficient (Wildman–Crippen LogP) is 6.13. The summed E-state index contributed by atoms with van der Waals surface area (Å²) in [5.41, 5.74) is 7.59. The van der Waals surface area contributed by atoms with Crippen LogP contribution in [-0.4, -0.2) is 17.8 Å². The first kappa shape index (κ1) is 20.1. The number of fused-ring (bicyclic) bond motifs is 3. The summed E-state index contributed by atoms with van der Waals surface area (Å²) in [7, 11) is 2.18. The second-order valence-corrected chi connectivity index (χ2v) is 20.2. The van der Waals surface area contributed by atoms with Crippen molar-refractivity contribution in [1.29, 1.82) is 0 Å². The molecule has 2 nitrogen and oxygen atoms in total. The molecule has 0 aliphatic heterocycles. The fraction of sp³-hybridized carbons (Fsp3) is 0.179. The van der Waals surface area contributed by atoms with E-state index in [0.717, 1.165) is 0 Å². The van der Waals surface area contributed by atoms with Crippen LogP contribution in [0.15, 0.2) is 85.1 Å². The maximum atomic E-state index is 2.45. The van der Waals surface area contributed by atoms with E-state index in [2.05, 4.69) is 125 Å². The summed E-state index contributed by atoms with van der Waals surface area (Å²) in [6, 6.07) is 28.8. The molecule has 5 rings (SSSR count). The molecular weight excluding hydrogens is 437 g/mol. The van der Waals surface area contributed by atoms with Gasteiger partial charge in [0, 0.05) is 0 Å². The molecule has 0 bridgehead atoms. The standard InChI is InChI=1S/C28H29GeN2/c1-20-17-28-25(18-24(20)26-16-15-21(19-30(26)5)29(2,3)4)23-13-9-10-14-27(23)31(28)22-11-7-6-8-12-22/h6-19H,1-5H3/q+1. The molecule has 0 aliphatic carbocycles. The first-order valence-electron chi connectivity index (χ1n) is 10.9. The summed E-state index contributed by atoms with van der Waals surface area (Å²) in [6.07, 6.45) is 2.35. The van der Waals surface area contributed by atoms with Crippen molar-refractivity contribution >= 4 is 39.5 Å². The predicted molar refractivity (Wildman–Crippen MR) is 135 cm³/mol. The Bertz CT molecular complexity index is 1420. The quantitative estimate of drug-likeness (QED) is 0.224. The van der Waals surface area contributed by atoms with Crippen molar-refractivity contribution in [2.75, 3.05) is 0 Å². The van der Waals surface area contributed by atoms with Crippen LogP contribution in [0.4, 0.5) is 0 Å². The summed E-state index contributed by atoms with van der Waals surface area (Å²) in [5.74, 6) is 7.35. The van der Waals surface area contributed by atoms with E-state index < -0.39 is 13.3 Å². The zero-order valence-electron chi connectivity index (χ0n) is 19.0. The van der Waals surface area contributed by atoms with Crippen LogP contribution in [0.5, 0.6) is 0 Å². The van der Waals surface area contributed by atoms with Gasteiger partial charge in [-0.3, -0.25) is 0 Å². The van der Waals surface area contributed by atoms with Gasteiger partial charge in [0.1, 0.15) is 0 Å². The second-order valence-electron chi connectivity index (χ2n) is 9.54. The van der Waals surface area contributed by atoms with Gasteiger partial charge in [-0.05, 0) is 0 Å². The Morgan fingerprint density at radius 2 is 1.45 bits per heavy atom. The van der Waals surface area contributed by atoms with Gasteiger partial charge in [-0.1, -0.05) is 6.07 Å². The van der Waals surface area contributed by atoms with Crippen molar-refractivity contribution in [2.45, 2.75) is 24.2 Å². The molecule has 154 valence electrons. The number of para-hydroxylation sites is 2. The monoisotopic (exact) mass is 467 g/mol. The number of pyridine rings is 1. The van der Waals surface area contributed by atoms with Crippen LogP contribution in [0.3, 0.4) is 0 Å². The molecule has 0 unspecified atom stereocenters. The number of aryl methyl sites for hydroxylation is 2. The van der Waals surface area contributed by atoms with E-state index in [1.807, 2.05) is 0 Å². The Hall–Kier alpha value is -2.85. The van der Waals surface area contributed by atoms with Crippen molar-refractivity contribution in [3.63, 3.8) is 0 Å². The number of nitrogens with zero attached hydrogens (tertiary/aromatic N) is 2. The minimum absolute atomic E-state index is 1.20. The molecular formula is C28H29GeN2+. The molecule has 31 heavy (non-hydrogen) atoms. The van der Waals surface area contributed by atoms with E-state index in [4.69, 9.17) is 0 Å². The van der Waals surface area contributed by atoms with Crippen LogP contribution in [0.1, 0.15) is 5.56 Å². The zero-order chi connectivity index (χ0) is 21.8. The van der Waals surface area contributed by atoms with Gasteiger partial charge in [0.2, 0.25) is 0 Å². The molecule has 0 N–H and O–H groups in total. The molecule has 0 saturated heterocycles. The normalized spacial score (nSPS) is 12.0. The van der Waals surface area contributed by atoms with Crippen molar-refractivity contribution in [1.82, 2.24) is 4.57 Å². The third-order valence-electron chi connectivity index (χ3n) is 6.31. The van der Waals surface area contributed by atoms with Crippen LogP contribution in [0, 0.1) is 6.92 Å². The SMILES string of the molecule is Cc1cc2c(cc1-c1cc[c]([Ge]([CH3])([CH3])[CH3])c[n+]1C)c1ccccc1n2-c1ccccc1. The Kier molecular flexibility index (Phi) is 4.78. The molecule has 0 amide bonds. The van der Waals surface area contributed by atoms with E-state index in [1.165, 1.54) is 48.7 Å².